The molecule has 0 saturated carbocycles. The molecule has 0 aliphatic carbocycles. The molecule has 3 heterocycles. The minimum Gasteiger partial charge on any atom is -0.396 e. The van der Waals surface area contributed by atoms with Gasteiger partial charge in [-0.25, -0.2) is 31.8 Å². The van der Waals surface area contributed by atoms with Crippen molar-refractivity contribution in [1.29, 1.82) is 0 Å². The fourth-order valence-corrected chi connectivity index (χ4v) is 5.61. The predicted molar refractivity (Wildman–Crippen MR) is 106 cm³/mol. The molecule has 9 nitrogen and oxygen atoms in total. The van der Waals surface area contributed by atoms with Gasteiger partial charge < -0.3 is 10.0 Å². The van der Waals surface area contributed by atoms with Gasteiger partial charge in [0.2, 0.25) is 10.0 Å². The molecule has 3 rings (SSSR count). The van der Waals surface area contributed by atoms with Crippen molar-refractivity contribution in [3.8, 4) is 0 Å². The molecule has 166 valence electrons. The van der Waals surface area contributed by atoms with Crippen molar-refractivity contribution in [2.24, 2.45) is 0 Å². The van der Waals surface area contributed by atoms with Gasteiger partial charge >= 0.3 is 0 Å². The third-order valence-electron chi connectivity index (χ3n) is 5.24. The molecule has 1 aliphatic heterocycles. The van der Waals surface area contributed by atoms with Crippen LogP contribution in [0.3, 0.4) is 0 Å². The summed E-state index contributed by atoms with van der Waals surface area (Å²) >= 11 is 6.30. The van der Waals surface area contributed by atoms with Crippen LogP contribution in [-0.4, -0.2) is 69.7 Å². The van der Waals surface area contributed by atoms with Gasteiger partial charge in [0.15, 0.2) is 0 Å². The van der Waals surface area contributed by atoms with Gasteiger partial charge in [0, 0.05) is 31.9 Å². The molecule has 1 atom stereocenters. The smallest absolute Gasteiger partial charge is 0.257 e. The van der Waals surface area contributed by atoms with Crippen LogP contribution in [0.4, 0.5) is 14.6 Å². The molecule has 0 aromatic carbocycles. The van der Waals surface area contributed by atoms with Gasteiger partial charge in [-0.2, -0.15) is 9.40 Å². The van der Waals surface area contributed by atoms with E-state index < -0.39 is 28.5 Å². The first-order chi connectivity index (χ1) is 14.1. The fourth-order valence-electron chi connectivity index (χ4n) is 3.43. The van der Waals surface area contributed by atoms with Crippen LogP contribution in [0.1, 0.15) is 25.6 Å². The number of hydrogen-bond acceptors (Lipinski definition) is 7. The number of alkyl halides is 2. The Labute approximate surface area is 178 Å². The number of anilines is 1. The Hall–Kier alpha value is -1.89. The Bertz CT molecular complexity index is 1010. The normalized spacial score (nSPS) is 19.8. The van der Waals surface area contributed by atoms with Crippen LogP contribution in [0, 0.1) is 0 Å². The maximum absolute atomic E-state index is 13.0. The van der Waals surface area contributed by atoms with Crippen molar-refractivity contribution in [2.75, 3.05) is 25.1 Å². The number of aliphatic hydroxyl groups is 1. The maximum atomic E-state index is 13.0. The first-order valence-corrected chi connectivity index (χ1v) is 11.1. The largest absolute Gasteiger partial charge is 0.396 e. The van der Waals surface area contributed by atoms with Crippen molar-refractivity contribution < 1.29 is 22.3 Å². The number of rotatable bonds is 9. The molecule has 1 N–H and O–H groups in total. The summed E-state index contributed by atoms with van der Waals surface area (Å²) < 4.78 is 53.7. The van der Waals surface area contributed by atoms with E-state index in [0.29, 0.717) is 25.2 Å². The zero-order valence-corrected chi connectivity index (χ0v) is 18.1. The lowest BCUT2D eigenvalue weighted by Crippen LogP contribution is -2.60. The molecular formula is C17H23ClF2N6O3S. The van der Waals surface area contributed by atoms with Gasteiger partial charge in [-0.1, -0.05) is 11.6 Å². The van der Waals surface area contributed by atoms with Crippen molar-refractivity contribution >= 4 is 27.4 Å². The summed E-state index contributed by atoms with van der Waals surface area (Å²) in [5.74, 6) is 0.580. The van der Waals surface area contributed by atoms with Crippen LogP contribution in [0.15, 0.2) is 23.5 Å². The Morgan fingerprint density at radius 1 is 1.40 bits per heavy atom. The Morgan fingerprint density at radius 2 is 2.13 bits per heavy atom. The lowest BCUT2D eigenvalue weighted by atomic mass is 9.87. The summed E-state index contributed by atoms with van der Waals surface area (Å²) in [6, 6.07) is 1.32. The molecule has 0 spiro atoms. The highest BCUT2D eigenvalue weighted by atomic mass is 35.5. The minimum absolute atomic E-state index is 0.0469. The number of halogens is 3. The summed E-state index contributed by atoms with van der Waals surface area (Å²) in [7, 11) is -2.18. The van der Waals surface area contributed by atoms with E-state index in [9.17, 15) is 22.3 Å². The van der Waals surface area contributed by atoms with Gasteiger partial charge in [0.25, 0.3) is 6.43 Å². The lowest BCUT2D eigenvalue weighted by molar-refractivity contribution is 0.0608. The quantitative estimate of drug-likeness (QED) is 0.603. The van der Waals surface area contributed by atoms with Crippen molar-refractivity contribution in [3.63, 3.8) is 0 Å². The van der Waals surface area contributed by atoms with Crippen molar-refractivity contribution in [1.82, 2.24) is 24.1 Å². The van der Waals surface area contributed by atoms with E-state index in [1.807, 2.05) is 0 Å². The van der Waals surface area contributed by atoms with E-state index >= 15 is 0 Å². The molecule has 13 heteroatoms. The molecule has 0 radical (unpaired) electrons. The molecule has 1 saturated heterocycles. The van der Waals surface area contributed by atoms with E-state index in [1.54, 1.807) is 18.9 Å². The molecule has 0 bridgehead atoms. The first-order valence-electron chi connectivity index (χ1n) is 9.24. The highest BCUT2D eigenvalue weighted by molar-refractivity contribution is 7.89. The van der Waals surface area contributed by atoms with E-state index in [4.69, 9.17) is 11.6 Å². The van der Waals surface area contributed by atoms with E-state index in [-0.39, 0.29) is 28.9 Å². The maximum Gasteiger partial charge on any atom is 0.257 e. The number of sulfonamides is 1. The number of hydrogen-bond donors (Lipinski definition) is 1. The second-order valence-electron chi connectivity index (χ2n) is 7.38. The molecule has 0 amide bonds. The average Bonchev–Trinajstić information content (AvgIpc) is 3.06. The topological polar surface area (TPSA) is 104 Å². The third kappa shape index (κ3) is 4.41. The van der Waals surface area contributed by atoms with Gasteiger partial charge in [-0.15, -0.1) is 0 Å². The molecule has 30 heavy (non-hydrogen) atoms. The average molecular weight is 465 g/mol. The highest BCUT2D eigenvalue weighted by Gasteiger charge is 2.47. The van der Waals surface area contributed by atoms with Crippen LogP contribution in [0.2, 0.25) is 5.02 Å². The molecule has 1 aliphatic rings. The van der Waals surface area contributed by atoms with Crippen LogP contribution in [-0.2, 0) is 23.1 Å². The zero-order chi connectivity index (χ0) is 22.1. The predicted octanol–water partition coefficient (Wildman–Crippen LogP) is 1.76. The second kappa shape index (κ2) is 8.69. The lowest BCUT2D eigenvalue weighted by Gasteiger charge is -2.49. The minimum atomic E-state index is -3.82. The van der Waals surface area contributed by atoms with Crippen LogP contribution in [0.5, 0.6) is 0 Å². The molecular weight excluding hydrogens is 442 g/mol. The van der Waals surface area contributed by atoms with Gasteiger partial charge in [0.1, 0.15) is 29.4 Å². The Kier molecular flexibility index (Phi) is 6.60. The van der Waals surface area contributed by atoms with Crippen LogP contribution in [0.25, 0.3) is 0 Å². The summed E-state index contributed by atoms with van der Waals surface area (Å²) in [6.45, 7) is 1.56. The molecule has 2 aromatic rings. The number of aliphatic hydroxyl groups excluding tert-OH is 1. The van der Waals surface area contributed by atoms with Crippen molar-refractivity contribution in [3.05, 3.63) is 29.4 Å². The molecule has 1 unspecified atom stereocenters. The summed E-state index contributed by atoms with van der Waals surface area (Å²) in [5.41, 5.74) is -0.635. The van der Waals surface area contributed by atoms with E-state index in [1.165, 1.54) is 22.9 Å². The third-order valence-corrected chi connectivity index (χ3v) is 7.54. The van der Waals surface area contributed by atoms with E-state index in [2.05, 4.69) is 15.1 Å². The van der Waals surface area contributed by atoms with Crippen LogP contribution >= 0.6 is 11.6 Å². The highest BCUT2D eigenvalue weighted by Crippen LogP contribution is 2.39. The fraction of sp³-hybridized carbons (Fsp3) is 0.588. The first kappa shape index (κ1) is 22.8. The number of pyridine rings is 1. The number of aromatic nitrogens is 4. The van der Waals surface area contributed by atoms with Gasteiger partial charge in [-0.05, 0) is 25.8 Å². The monoisotopic (exact) mass is 464 g/mol. The number of nitrogens with zero attached hydrogens (tertiary/aromatic N) is 6. The summed E-state index contributed by atoms with van der Waals surface area (Å²) in [5, 5.41) is 13.1. The van der Waals surface area contributed by atoms with E-state index in [0.717, 1.165) is 4.68 Å². The second-order valence-corrected chi connectivity index (χ2v) is 9.65. The molecule has 2 aromatic heterocycles. The summed E-state index contributed by atoms with van der Waals surface area (Å²) in [6.07, 6.45) is 0.836. The Balaban J connectivity index is 1.79. The van der Waals surface area contributed by atoms with Gasteiger partial charge in [0.05, 0.1) is 11.6 Å². The Morgan fingerprint density at radius 3 is 2.70 bits per heavy atom. The zero-order valence-electron chi connectivity index (χ0n) is 16.5. The summed E-state index contributed by atoms with van der Waals surface area (Å²) in [4.78, 5) is 9.69. The van der Waals surface area contributed by atoms with Crippen molar-refractivity contribution in [2.45, 2.75) is 49.7 Å². The van der Waals surface area contributed by atoms with Gasteiger partial charge in [-0.3, -0.25) is 0 Å². The standard InChI is InChI=1S/C17H23ClF2N6O3S/c1-17(4-6-27)3-5-26(17)30(28,29)12-7-13(18)16(21-8-12)24(2)10-15-22-11-23-25(15)9-14(19)20/h7-8,11,14,27H,3-6,9-10H2,1-2H3. The SMILES string of the molecule is CN(Cc1ncnn1CC(F)F)c1ncc(S(=O)(=O)N2CCC2(C)CCO)cc1Cl. The van der Waals surface area contributed by atoms with Crippen LogP contribution < -0.4 is 4.90 Å². The molecule has 1 fully saturated rings.